The largest absolute Gasteiger partial charge is 0.508 e. The smallest absolute Gasteiger partial charge is 0.139 e. The molecule has 3 aliphatic carbocycles. The Hall–Kier alpha value is -0.650. The molecule has 0 aliphatic heterocycles. The van der Waals surface area contributed by atoms with E-state index in [1.54, 1.807) is 6.07 Å². The predicted molar refractivity (Wildman–Crippen MR) is 119 cm³/mol. The Labute approximate surface area is 181 Å². The van der Waals surface area contributed by atoms with Crippen molar-refractivity contribution in [1.29, 1.82) is 0 Å². The van der Waals surface area contributed by atoms with E-state index >= 15 is 0 Å². The standard InChI is InChI=1S/C24H32FIO2/c1-24-10-9-20-19-6-5-18(27)14-15(19)12-16(13-17(25)4-2-3-11-26)23(20)21(24)7-8-22(24)28/h5-6,14,16-17,20-21,23,27H,2-4,7-13H2,1H3/t16-,17?,20+,21-,23+,24-/m0/s1. The highest BCUT2D eigenvalue weighted by atomic mass is 127. The minimum atomic E-state index is -0.752. The number of ketones is 1. The Morgan fingerprint density at radius 2 is 2.14 bits per heavy atom. The minimum absolute atomic E-state index is 0.194. The van der Waals surface area contributed by atoms with E-state index in [0.717, 1.165) is 43.0 Å². The van der Waals surface area contributed by atoms with Gasteiger partial charge in [-0.2, -0.15) is 0 Å². The van der Waals surface area contributed by atoms with E-state index in [4.69, 9.17) is 0 Å². The van der Waals surface area contributed by atoms with Crippen LogP contribution < -0.4 is 0 Å². The van der Waals surface area contributed by atoms with Crippen LogP contribution in [0.2, 0.25) is 0 Å². The van der Waals surface area contributed by atoms with Gasteiger partial charge in [0.25, 0.3) is 0 Å². The van der Waals surface area contributed by atoms with Crippen LogP contribution in [-0.4, -0.2) is 21.5 Å². The zero-order chi connectivity index (χ0) is 19.9. The van der Waals surface area contributed by atoms with Gasteiger partial charge in [0.1, 0.15) is 17.7 Å². The molecule has 1 unspecified atom stereocenters. The lowest BCUT2D eigenvalue weighted by molar-refractivity contribution is -0.130. The third kappa shape index (κ3) is 3.63. The Balaban J connectivity index is 1.63. The summed E-state index contributed by atoms with van der Waals surface area (Å²) in [6.07, 6.45) is 7.06. The molecule has 0 radical (unpaired) electrons. The first-order chi connectivity index (χ1) is 13.4. The van der Waals surface area contributed by atoms with Crippen LogP contribution in [0.4, 0.5) is 4.39 Å². The Morgan fingerprint density at radius 3 is 2.93 bits per heavy atom. The molecule has 0 spiro atoms. The second kappa shape index (κ2) is 8.23. The van der Waals surface area contributed by atoms with E-state index in [2.05, 4.69) is 35.6 Å². The molecule has 6 atom stereocenters. The van der Waals surface area contributed by atoms with Gasteiger partial charge in [0, 0.05) is 11.8 Å². The van der Waals surface area contributed by atoms with Crippen molar-refractivity contribution in [3.8, 4) is 5.75 Å². The van der Waals surface area contributed by atoms with Crippen LogP contribution in [-0.2, 0) is 11.2 Å². The number of halogens is 2. The summed E-state index contributed by atoms with van der Waals surface area (Å²) in [4.78, 5) is 12.7. The number of rotatable bonds is 6. The SMILES string of the molecule is C[C@]12CC[C@@H]3c4ccc(O)cc4C[C@@H](CC(F)CCCCI)[C@H]3[C@@H]1CCC2=O. The van der Waals surface area contributed by atoms with Gasteiger partial charge in [0.15, 0.2) is 0 Å². The van der Waals surface area contributed by atoms with Crippen LogP contribution in [0.15, 0.2) is 18.2 Å². The van der Waals surface area contributed by atoms with Crippen molar-refractivity contribution in [3.63, 3.8) is 0 Å². The summed E-state index contributed by atoms with van der Waals surface area (Å²) in [5, 5.41) is 10.0. The van der Waals surface area contributed by atoms with Crippen molar-refractivity contribution >= 4 is 28.4 Å². The molecule has 4 rings (SSSR count). The summed E-state index contributed by atoms with van der Waals surface area (Å²) >= 11 is 2.36. The van der Waals surface area contributed by atoms with E-state index in [9.17, 15) is 14.3 Å². The summed E-state index contributed by atoms with van der Waals surface area (Å²) in [6.45, 7) is 2.18. The molecule has 2 nitrogen and oxygen atoms in total. The van der Waals surface area contributed by atoms with Crippen molar-refractivity contribution in [2.24, 2.45) is 23.2 Å². The van der Waals surface area contributed by atoms with Crippen LogP contribution >= 0.6 is 22.6 Å². The zero-order valence-corrected chi connectivity index (χ0v) is 19.0. The first-order valence-electron chi connectivity index (χ1n) is 11.0. The zero-order valence-electron chi connectivity index (χ0n) is 16.8. The van der Waals surface area contributed by atoms with Crippen molar-refractivity contribution in [3.05, 3.63) is 29.3 Å². The fourth-order valence-corrected chi connectivity index (χ4v) is 7.22. The summed E-state index contributed by atoms with van der Waals surface area (Å²) < 4.78 is 16.0. The fourth-order valence-electron chi connectivity index (χ4n) is 6.68. The predicted octanol–water partition coefficient (Wildman–Crippen LogP) is 6.38. The molecule has 154 valence electrons. The number of unbranched alkanes of at least 4 members (excludes halogenated alkanes) is 1. The Morgan fingerprint density at radius 1 is 1.32 bits per heavy atom. The third-order valence-electron chi connectivity index (χ3n) is 8.05. The highest BCUT2D eigenvalue weighted by Gasteiger charge is 2.56. The number of hydrogen-bond donors (Lipinski definition) is 1. The Kier molecular flexibility index (Phi) is 6.06. The average molecular weight is 498 g/mol. The van der Waals surface area contributed by atoms with Crippen LogP contribution in [0, 0.1) is 23.2 Å². The fraction of sp³-hybridized carbons (Fsp3) is 0.708. The van der Waals surface area contributed by atoms with Crippen molar-refractivity contribution < 1.29 is 14.3 Å². The normalized spacial score (nSPS) is 35.2. The molecule has 4 heteroatoms. The molecule has 0 bridgehead atoms. The number of phenols is 1. The van der Waals surface area contributed by atoms with Gasteiger partial charge in [-0.3, -0.25) is 4.79 Å². The van der Waals surface area contributed by atoms with Crippen LogP contribution in [0.25, 0.3) is 0 Å². The maximum Gasteiger partial charge on any atom is 0.139 e. The number of fused-ring (bicyclic) bond motifs is 5. The second-order valence-corrected chi connectivity index (χ2v) is 10.7. The molecule has 0 saturated heterocycles. The van der Waals surface area contributed by atoms with E-state index in [1.807, 2.05) is 6.07 Å². The molecule has 1 N–H and O–H groups in total. The third-order valence-corrected chi connectivity index (χ3v) is 8.82. The lowest BCUT2D eigenvalue weighted by Gasteiger charge is -2.52. The number of aromatic hydroxyl groups is 1. The first-order valence-corrected chi connectivity index (χ1v) is 12.5. The number of phenolic OH excluding ortho intramolecular Hbond substituents is 1. The number of carbonyl (C=O) groups is 1. The van der Waals surface area contributed by atoms with Gasteiger partial charge in [-0.05, 0) is 103 Å². The lowest BCUT2D eigenvalue weighted by atomic mass is 9.52. The second-order valence-electron chi connectivity index (χ2n) is 9.57. The van der Waals surface area contributed by atoms with Gasteiger partial charge in [-0.1, -0.05) is 35.6 Å². The molecule has 0 heterocycles. The summed E-state index contributed by atoms with van der Waals surface area (Å²) in [5.74, 6) is 2.25. The summed E-state index contributed by atoms with van der Waals surface area (Å²) in [5.41, 5.74) is 2.36. The van der Waals surface area contributed by atoms with E-state index in [1.165, 1.54) is 11.1 Å². The highest BCUT2D eigenvalue weighted by Crippen LogP contribution is 2.61. The molecular formula is C24H32FIO2. The number of hydrogen-bond acceptors (Lipinski definition) is 2. The Bertz CT molecular complexity index is 735. The number of benzene rings is 1. The first kappa shape index (κ1) is 20.6. The van der Waals surface area contributed by atoms with E-state index in [-0.39, 0.29) is 11.3 Å². The molecule has 28 heavy (non-hydrogen) atoms. The summed E-state index contributed by atoms with van der Waals surface area (Å²) in [6, 6.07) is 5.78. The quantitative estimate of drug-likeness (QED) is 0.281. The molecule has 0 amide bonds. The van der Waals surface area contributed by atoms with Crippen molar-refractivity contribution in [1.82, 2.24) is 0 Å². The average Bonchev–Trinajstić information content (AvgIpc) is 2.96. The topological polar surface area (TPSA) is 37.3 Å². The lowest BCUT2D eigenvalue weighted by Crippen LogP contribution is -2.46. The van der Waals surface area contributed by atoms with Gasteiger partial charge in [-0.15, -0.1) is 0 Å². The van der Waals surface area contributed by atoms with Crippen molar-refractivity contribution in [2.45, 2.75) is 76.8 Å². The molecule has 2 fully saturated rings. The molecular weight excluding hydrogens is 466 g/mol. The minimum Gasteiger partial charge on any atom is -0.508 e. The molecule has 1 aromatic carbocycles. The van der Waals surface area contributed by atoms with Gasteiger partial charge >= 0.3 is 0 Å². The molecule has 2 saturated carbocycles. The van der Waals surface area contributed by atoms with Crippen LogP contribution in [0.1, 0.15) is 75.3 Å². The molecule has 0 aromatic heterocycles. The number of carbonyl (C=O) groups excluding carboxylic acids is 1. The molecule has 1 aromatic rings. The summed E-state index contributed by atoms with van der Waals surface area (Å²) in [7, 11) is 0. The maximum atomic E-state index is 14.9. The molecule has 3 aliphatic rings. The maximum absolute atomic E-state index is 14.9. The van der Waals surface area contributed by atoms with Gasteiger partial charge < -0.3 is 5.11 Å². The van der Waals surface area contributed by atoms with E-state index < -0.39 is 6.17 Å². The number of Topliss-reactive ketones (excluding diaryl/α,β-unsaturated/α-hetero) is 1. The van der Waals surface area contributed by atoms with Gasteiger partial charge in [0.2, 0.25) is 0 Å². The van der Waals surface area contributed by atoms with Crippen molar-refractivity contribution in [2.75, 3.05) is 4.43 Å². The van der Waals surface area contributed by atoms with Gasteiger partial charge in [-0.25, -0.2) is 4.39 Å². The van der Waals surface area contributed by atoms with Gasteiger partial charge in [0.05, 0.1) is 0 Å². The number of alkyl halides is 2. The van der Waals surface area contributed by atoms with E-state index in [0.29, 0.717) is 48.5 Å². The van der Waals surface area contributed by atoms with Crippen LogP contribution in [0.3, 0.4) is 0 Å². The monoisotopic (exact) mass is 498 g/mol. The van der Waals surface area contributed by atoms with Crippen LogP contribution in [0.5, 0.6) is 5.75 Å². The highest BCUT2D eigenvalue weighted by molar-refractivity contribution is 14.1.